The zero-order valence-corrected chi connectivity index (χ0v) is 8.81. The van der Waals surface area contributed by atoms with Crippen molar-refractivity contribution in [3.8, 4) is 0 Å². The molecule has 15 heavy (non-hydrogen) atoms. The standard InChI is InChI=1S/C11H15NO3/c1-8(13)9(2)15-11(14)12-10-6-4-3-5-7-10/h3-9,13H,1-2H3,(H,12,14)/t8-,9-/m0/s1. The Balaban J connectivity index is 2.43. The van der Waals surface area contributed by atoms with E-state index in [9.17, 15) is 4.79 Å². The smallest absolute Gasteiger partial charge is 0.411 e. The van der Waals surface area contributed by atoms with E-state index in [1.165, 1.54) is 0 Å². The Kier molecular flexibility index (Phi) is 4.12. The largest absolute Gasteiger partial charge is 0.444 e. The lowest BCUT2D eigenvalue weighted by Gasteiger charge is -2.15. The van der Waals surface area contributed by atoms with Crippen molar-refractivity contribution in [2.75, 3.05) is 5.32 Å². The average molecular weight is 209 g/mol. The molecule has 2 atom stereocenters. The molecule has 0 aromatic heterocycles. The molecule has 0 aliphatic carbocycles. The van der Waals surface area contributed by atoms with Gasteiger partial charge in [0.2, 0.25) is 0 Å². The second kappa shape index (κ2) is 5.36. The van der Waals surface area contributed by atoms with Crippen LogP contribution in [0, 0.1) is 0 Å². The molecular weight excluding hydrogens is 194 g/mol. The first kappa shape index (κ1) is 11.5. The molecule has 1 aromatic carbocycles. The summed E-state index contributed by atoms with van der Waals surface area (Å²) in [5.74, 6) is 0. The van der Waals surface area contributed by atoms with E-state index in [0.29, 0.717) is 5.69 Å². The predicted molar refractivity (Wildman–Crippen MR) is 57.7 cm³/mol. The van der Waals surface area contributed by atoms with Crippen LogP contribution in [-0.2, 0) is 4.74 Å². The van der Waals surface area contributed by atoms with Gasteiger partial charge < -0.3 is 9.84 Å². The minimum atomic E-state index is -0.675. The number of para-hydroxylation sites is 1. The number of carbonyl (C=O) groups is 1. The highest BCUT2D eigenvalue weighted by molar-refractivity contribution is 5.84. The van der Waals surface area contributed by atoms with E-state index in [1.54, 1.807) is 26.0 Å². The summed E-state index contributed by atoms with van der Waals surface area (Å²) in [5, 5.41) is 11.7. The second-order valence-corrected chi connectivity index (χ2v) is 3.34. The van der Waals surface area contributed by atoms with E-state index in [-0.39, 0.29) is 0 Å². The fraction of sp³-hybridized carbons (Fsp3) is 0.364. The number of aliphatic hydroxyl groups is 1. The van der Waals surface area contributed by atoms with Gasteiger partial charge in [0.25, 0.3) is 0 Å². The van der Waals surface area contributed by atoms with Crippen molar-refractivity contribution in [1.82, 2.24) is 0 Å². The lowest BCUT2D eigenvalue weighted by Crippen LogP contribution is -2.28. The molecule has 4 heteroatoms. The van der Waals surface area contributed by atoms with Crippen LogP contribution < -0.4 is 5.32 Å². The predicted octanol–water partition coefficient (Wildman–Crippen LogP) is 2.00. The maximum atomic E-state index is 11.3. The number of hydrogen-bond donors (Lipinski definition) is 2. The van der Waals surface area contributed by atoms with E-state index in [4.69, 9.17) is 9.84 Å². The number of aliphatic hydroxyl groups excluding tert-OH is 1. The third-order valence-corrected chi connectivity index (χ3v) is 1.99. The van der Waals surface area contributed by atoms with Crippen molar-refractivity contribution in [2.24, 2.45) is 0 Å². The quantitative estimate of drug-likeness (QED) is 0.800. The van der Waals surface area contributed by atoms with Crippen molar-refractivity contribution < 1.29 is 14.6 Å². The monoisotopic (exact) mass is 209 g/mol. The third kappa shape index (κ3) is 3.99. The van der Waals surface area contributed by atoms with Gasteiger partial charge in [0.05, 0.1) is 6.10 Å². The van der Waals surface area contributed by atoms with Crippen molar-refractivity contribution in [3.05, 3.63) is 30.3 Å². The van der Waals surface area contributed by atoms with Crippen LogP contribution in [0.1, 0.15) is 13.8 Å². The van der Waals surface area contributed by atoms with Gasteiger partial charge in [0, 0.05) is 5.69 Å². The number of ether oxygens (including phenoxy) is 1. The Labute approximate surface area is 88.9 Å². The first-order chi connectivity index (χ1) is 7.09. The Bertz CT molecular complexity index is 311. The molecule has 2 N–H and O–H groups in total. The Hall–Kier alpha value is -1.55. The maximum Gasteiger partial charge on any atom is 0.411 e. The van der Waals surface area contributed by atoms with Crippen molar-refractivity contribution >= 4 is 11.8 Å². The van der Waals surface area contributed by atoms with Gasteiger partial charge in [-0.05, 0) is 26.0 Å². The van der Waals surface area contributed by atoms with Gasteiger partial charge in [0.1, 0.15) is 6.10 Å². The molecule has 4 nitrogen and oxygen atoms in total. The van der Waals surface area contributed by atoms with Gasteiger partial charge in [-0.3, -0.25) is 5.32 Å². The number of benzene rings is 1. The SMILES string of the molecule is C[C@H](O)[C@H](C)OC(=O)Nc1ccccc1. The number of nitrogens with one attached hydrogen (secondary N) is 1. The zero-order chi connectivity index (χ0) is 11.3. The number of rotatable bonds is 3. The number of anilines is 1. The summed E-state index contributed by atoms with van der Waals surface area (Å²) < 4.78 is 4.92. The Morgan fingerprint density at radius 2 is 1.93 bits per heavy atom. The molecule has 82 valence electrons. The fourth-order valence-corrected chi connectivity index (χ4v) is 0.936. The van der Waals surface area contributed by atoms with Crippen LogP contribution >= 0.6 is 0 Å². The van der Waals surface area contributed by atoms with Gasteiger partial charge in [-0.25, -0.2) is 4.79 Å². The molecule has 0 radical (unpaired) electrons. The number of amides is 1. The molecule has 1 aromatic rings. The second-order valence-electron chi connectivity index (χ2n) is 3.34. The minimum absolute atomic E-state index is 0.520. The van der Waals surface area contributed by atoms with Crippen LogP contribution in [0.3, 0.4) is 0 Å². The molecule has 1 amide bonds. The minimum Gasteiger partial charge on any atom is -0.444 e. The normalized spacial score (nSPS) is 14.1. The van der Waals surface area contributed by atoms with Crippen molar-refractivity contribution in [1.29, 1.82) is 0 Å². The van der Waals surface area contributed by atoms with Crippen LogP contribution in [0.25, 0.3) is 0 Å². The summed E-state index contributed by atoms with van der Waals surface area (Å²) in [6, 6.07) is 9.00. The molecule has 0 bridgehead atoms. The topological polar surface area (TPSA) is 58.6 Å². The van der Waals surface area contributed by atoms with Gasteiger partial charge in [-0.15, -0.1) is 0 Å². The van der Waals surface area contributed by atoms with E-state index < -0.39 is 18.3 Å². The lowest BCUT2D eigenvalue weighted by atomic mass is 10.3. The fourth-order valence-electron chi connectivity index (χ4n) is 0.936. The summed E-state index contributed by atoms with van der Waals surface area (Å²) in [5.41, 5.74) is 0.667. The van der Waals surface area contributed by atoms with Crippen LogP contribution in [0.4, 0.5) is 10.5 Å². The molecule has 0 aliphatic rings. The lowest BCUT2D eigenvalue weighted by molar-refractivity contribution is 0.0288. The first-order valence-electron chi connectivity index (χ1n) is 4.80. The van der Waals surface area contributed by atoms with Crippen molar-refractivity contribution in [2.45, 2.75) is 26.1 Å². The first-order valence-corrected chi connectivity index (χ1v) is 4.80. The summed E-state index contributed by atoms with van der Waals surface area (Å²) in [4.78, 5) is 11.3. The zero-order valence-electron chi connectivity index (χ0n) is 8.81. The van der Waals surface area contributed by atoms with Crippen LogP contribution in [0.5, 0.6) is 0 Å². The molecule has 1 rings (SSSR count). The van der Waals surface area contributed by atoms with Crippen LogP contribution in [0.2, 0.25) is 0 Å². The molecule has 0 heterocycles. The molecule has 0 saturated carbocycles. The molecule has 0 saturated heterocycles. The highest BCUT2D eigenvalue weighted by atomic mass is 16.6. The number of hydrogen-bond acceptors (Lipinski definition) is 3. The summed E-state index contributed by atoms with van der Waals surface area (Å²) in [6.45, 7) is 3.20. The van der Waals surface area contributed by atoms with Gasteiger partial charge in [-0.2, -0.15) is 0 Å². The van der Waals surface area contributed by atoms with Gasteiger partial charge >= 0.3 is 6.09 Å². The summed E-state index contributed by atoms with van der Waals surface area (Å²) in [6.07, 6.45) is -1.75. The molecule has 0 fully saturated rings. The van der Waals surface area contributed by atoms with Gasteiger partial charge in [0.15, 0.2) is 0 Å². The third-order valence-electron chi connectivity index (χ3n) is 1.99. The van der Waals surface area contributed by atoms with E-state index in [0.717, 1.165) is 0 Å². The van der Waals surface area contributed by atoms with E-state index in [1.807, 2.05) is 18.2 Å². The highest BCUT2D eigenvalue weighted by Crippen LogP contribution is 2.07. The summed E-state index contributed by atoms with van der Waals surface area (Å²) in [7, 11) is 0. The Morgan fingerprint density at radius 3 is 2.47 bits per heavy atom. The average Bonchev–Trinajstić information content (AvgIpc) is 2.18. The van der Waals surface area contributed by atoms with E-state index in [2.05, 4.69) is 5.32 Å². The Morgan fingerprint density at radius 1 is 1.33 bits per heavy atom. The molecule has 0 aliphatic heterocycles. The highest BCUT2D eigenvalue weighted by Gasteiger charge is 2.13. The van der Waals surface area contributed by atoms with Gasteiger partial charge in [-0.1, -0.05) is 18.2 Å². The maximum absolute atomic E-state index is 11.3. The van der Waals surface area contributed by atoms with Crippen molar-refractivity contribution in [3.63, 3.8) is 0 Å². The molecule has 0 unspecified atom stereocenters. The van der Waals surface area contributed by atoms with Crippen LogP contribution in [-0.4, -0.2) is 23.4 Å². The number of carbonyl (C=O) groups excluding carboxylic acids is 1. The summed E-state index contributed by atoms with van der Waals surface area (Å²) >= 11 is 0. The molecular formula is C11H15NO3. The molecule has 0 spiro atoms. The van der Waals surface area contributed by atoms with Crippen LogP contribution in [0.15, 0.2) is 30.3 Å². The van der Waals surface area contributed by atoms with E-state index >= 15 is 0 Å².